The van der Waals surface area contributed by atoms with E-state index in [0.717, 1.165) is 6.54 Å². The van der Waals surface area contributed by atoms with E-state index in [0.29, 0.717) is 17.8 Å². The van der Waals surface area contributed by atoms with Crippen molar-refractivity contribution in [1.82, 2.24) is 10.2 Å². The summed E-state index contributed by atoms with van der Waals surface area (Å²) in [6, 6.07) is 7.03. The second-order valence-corrected chi connectivity index (χ2v) is 5.25. The maximum absolute atomic E-state index is 12.1. The molecule has 6 heteroatoms. The fourth-order valence-electron chi connectivity index (χ4n) is 1.56. The lowest BCUT2D eigenvalue weighted by molar-refractivity contribution is -0.118. The number of para-hydroxylation sites is 1. The van der Waals surface area contributed by atoms with Crippen LogP contribution in [0.1, 0.15) is 24.2 Å². The average Bonchev–Trinajstić information content (AvgIpc) is 2.38. The van der Waals surface area contributed by atoms with Gasteiger partial charge in [-0.3, -0.25) is 9.59 Å². The van der Waals surface area contributed by atoms with E-state index in [2.05, 4.69) is 10.6 Å². The summed E-state index contributed by atoms with van der Waals surface area (Å²) in [4.78, 5) is 25.9. The van der Waals surface area contributed by atoms with Crippen LogP contribution in [0.2, 0.25) is 0 Å². The van der Waals surface area contributed by atoms with Crippen molar-refractivity contribution >= 4 is 29.9 Å². The summed E-state index contributed by atoms with van der Waals surface area (Å²) in [6.45, 7) is 4.97. The Kier molecular flexibility index (Phi) is 8.66. The molecular weight excluding hydrogens is 290 g/mol. The minimum absolute atomic E-state index is 0. The van der Waals surface area contributed by atoms with Gasteiger partial charge in [-0.1, -0.05) is 26.0 Å². The number of carbonyl (C=O) groups excluding carboxylic acids is 2. The van der Waals surface area contributed by atoms with Crippen molar-refractivity contribution in [3.63, 3.8) is 0 Å². The minimum Gasteiger partial charge on any atom is -0.351 e. The standard InChI is InChI=1S/C15H23N3O2.ClH/c1-11(2)14(19)17-13-8-6-5-7-12(13)15(20)16-9-10-18(3)4;/h5-8,11H,9-10H2,1-4H3,(H,16,20)(H,17,19);1H. The molecule has 118 valence electrons. The van der Waals surface area contributed by atoms with Gasteiger partial charge in [0.2, 0.25) is 5.91 Å². The first kappa shape index (κ1) is 19.4. The van der Waals surface area contributed by atoms with Crippen LogP contribution < -0.4 is 10.6 Å². The molecule has 0 aliphatic heterocycles. The molecule has 0 spiro atoms. The minimum atomic E-state index is -0.175. The summed E-state index contributed by atoms with van der Waals surface area (Å²) in [6.07, 6.45) is 0. The molecule has 1 aromatic carbocycles. The van der Waals surface area contributed by atoms with Gasteiger partial charge in [0.05, 0.1) is 11.3 Å². The van der Waals surface area contributed by atoms with E-state index in [1.807, 2.05) is 32.8 Å². The zero-order valence-corrected chi connectivity index (χ0v) is 13.8. The number of hydrogen-bond donors (Lipinski definition) is 2. The fourth-order valence-corrected chi connectivity index (χ4v) is 1.56. The van der Waals surface area contributed by atoms with Crippen molar-refractivity contribution in [3.8, 4) is 0 Å². The molecule has 5 nitrogen and oxygen atoms in total. The molecule has 21 heavy (non-hydrogen) atoms. The first-order valence-corrected chi connectivity index (χ1v) is 6.74. The lowest BCUT2D eigenvalue weighted by Gasteiger charge is -2.14. The Morgan fingerprint density at radius 3 is 2.38 bits per heavy atom. The molecule has 0 aliphatic carbocycles. The van der Waals surface area contributed by atoms with E-state index < -0.39 is 0 Å². The molecule has 2 amide bonds. The molecular formula is C15H24ClN3O2. The van der Waals surface area contributed by atoms with Gasteiger partial charge in [0.25, 0.3) is 5.91 Å². The molecule has 0 aromatic heterocycles. The zero-order chi connectivity index (χ0) is 15.1. The predicted molar refractivity (Wildman–Crippen MR) is 88.0 cm³/mol. The van der Waals surface area contributed by atoms with Crippen LogP contribution in [0.15, 0.2) is 24.3 Å². The summed E-state index contributed by atoms with van der Waals surface area (Å²) in [7, 11) is 3.89. The predicted octanol–water partition coefficient (Wildman–Crippen LogP) is 1.99. The summed E-state index contributed by atoms with van der Waals surface area (Å²) in [5, 5.41) is 5.62. The van der Waals surface area contributed by atoms with E-state index in [-0.39, 0.29) is 30.1 Å². The third-order valence-electron chi connectivity index (χ3n) is 2.80. The maximum atomic E-state index is 12.1. The number of anilines is 1. The van der Waals surface area contributed by atoms with Crippen molar-refractivity contribution in [2.24, 2.45) is 5.92 Å². The lowest BCUT2D eigenvalue weighted by atomic mass is 10.1. The van der Waals surface area contributed by atoms with Crippen LogP contribution in [0.4, 0.5) is 5.69 Å². The Hall–Kier alpha value is -1.59. The van der Waals surface area contributed by atoms with Crippen LogP contribution in [0.5, 0.6) is 0 Å². The monoisotopic (exact) mass is 313 g/mol. The quantitative estimate of drug-likeness (QED) is 0.844. The molecule has 0 bridgehead atoms. The van der Waals surface area contributed by atoms with E-state index in [9.17, 15) is 9.59 Å². The molecule has 0 unspecified atom stereocenters. The molecule has 0 saturated carbocycles. The Bertz CT molecular complexity index is 476. The van der Waals surface area contributed by atoms with E-state index in [1.54, 1.807) is 24.3 Å². The highest BCUT2D eigenvalue weighted by atomic mass is 35.5. The van der Waals surface area contributed by atoms with Crippen LogP contribution in [0, 0.1) is 5.92 Å². The van der Waals surface area contributed by atoms with Gasteiger partial charge in [0.1, 0.15) is 0 Å². The third-order valence-corrected chi connectivity index (χ3v) is 2.80. The molecule has 1 rings (SSSR count). The van der Waals surface area contributed by atoms with Crippen molar-refractivity contribution < 1.29 is 9.59 Å². The molecule has 0 saturated heterocycles. The summed E-state index contributed by atoms with van der Waals surface area (Å²) < 4.78 is 0. The van der Waals surface area contributed by atoms with Gasteiger partial charge in [0.15, 0.2) is 0 Å². The molecule has 0 fully saturated rings. The number of likely N-dealkylation sites (N-methyl/N-ethyl adjacent to an activating group) is 1. The van der Waals surface area contributed by atoms with Gasteiger partial charge < -0.3 is 15.5 Å². The molecule has 2 N–H and O–H groups in total. The Morgan fingerprint density at radius 2 is 1.81 bits per heavy atom. The third kappa shape index (κ3) is 6.60. The Balaban J connectivity index is 0.00000400. The van der Waals surface area contributed by atoms with Crippen LogP contribution in [0.3, 0.4) is 0 Å². The van der Waals surface area contributed by atoms with E-state index in [1.165, 1.54) is 0 Å². The number of halogens is 1. The first-order chi connectivity index (χ1) is 9.41. The second-order valence-electron chi connectivity index (χ2n) is 5.25. The van der Waals surface area contributed by atoms with E-state index >= 15 is 0 Å². The Labute approximate surface area is 132 Å². The highest BCUT2D eigenvalue weighted by Gasteiger charge is 2.14. The van der Waals surface area contributed by atoms with Crippen LogP contribution >= 0.6 is 12.4 Å². The number of rotatable bonds is 6. The van der Waals surface area contributed by atoms with Gasteiger partial charge in [-0.2, -0.15) is 0 Å². The lowest BCUT2D eigenvalue weighted by Crippen LogP contribution is -2.32. The van der Waals surface area contributed by atoms with Crippen molar-refractivity contribution in [1.29, 1.82) is 0 Å². The highest BCUT2D eigenvalue weighted by molar-refractivity contribution is 6.04. The van der Waals surface area contributed by atoms with E-state index in [4.69, 9.17) is 0 Å². The van der Waals surface area contributed by atoms with Gasteiger partial charge in [-0.15, -0.1) is 12.4 Å². The fraction of sp³-hybridized carbons (Fsp3) is 0.467. The number of nitrogens with zero attached hydrogens (tertiary/aromatic N) is 1. The highest BCUT2D eigenvalue weighted by Crippen LogP contribution is 2.15. The summed E-state index contributed by atoms with van der Waals surface area (Å²) in [5.74, 6) is -0.398. The molecule has 0 aliphatic rings. The zero-order valence-electron chi connectivity index (χ0n) is 13.0. The summed E-state index contributed by atoms with van der Waals surface area (Å²) >= 11 is 0. The van der Waals surface area contributed by atoms with Gasteiger partial charge in [-0.25, -0.2) is 0 Å². The van der Waals surface area contributed by atoms with Crippen molar-refractivity contribution in [2.75, 3.05) is 32.5 Å². The first-order valence-electron chi connectivity index (χ1n) is 6.74. The van der Waals surface area contributed by atoms with Crippen molar-refractivity contribution in [3.05, 3.63) is 29.8 Å². The average molecular weight is 314 g/mol. The number of hydrogen-bond acceptors (Lipinski definition) is 3. The number of amides is 2. The van der Waals surface area contributed by atoms with Crippen LogP contribution in [-0.4, -0.2) is 43.9 Å². The topological polar surface area (TPSA) is 61.4 Å². The Morgan fingerprint density at radius 1 is 1.19 bits per heavy atom. The van der Waals surface area contributed by atoms with Crippen molar-refractivity contribution in [2.45, 2.75) is 13.8 Å². The van der Waals surface area contributed by atoms with Gasteiger partial charge in [-0.05, 0) is 26.2 Å². The van der Waals surface area contributed by atoms with Gasteiger partial charge in [0, 0.05) is 19.0 Å². The molecule has 0 heterocycles. The normalized spacial score (nSPS) is 10.2. The molecule has 0 atom stereocenters. The summed E-state index contributed by atoms with van der Waals surface area (Å²) in [5.41, 5.74) is 1.04. The molecule has 0 radical (unpaired) electrons. The maximum Gasteiger partial charge on any atom is 0.253 e. The smallest absolute Gasteiger partial charge is 0.253 e. The largest absolute Gasteiger partial charge is 0.351 e. The second kappa shape index (κ2) is 9.37. The number of nitrogens with one attached hydrogen (secondary N) is 2. The van der Waals surface area contributed by atoms with Crippen LogP contribution in [0.25, 0.3) is 0 Å². The van der Waals surface area contributed by atoms with Crippen LogP contribution in [-0.2, 0) is 4.79 Å². The SMILES string of the molecule is CC(C)C(=O)Nc1ccccc1C(=O)NCCN(C)C.Cl. The number of benzene rings is 1. The van der Waals surface area contributed by atoms with Gasteiger partial charge >= 0.3 is 0 Å². The number of carbonyl (C=O) groups is 2. The molecule has 1 aromatic rings.